The van der Waals surface area contributed by atoms with E-state index in [9.17, 15) is 0 Å². The van der Waals surface area contributed by atoms with E-state index in [0.29, 0.717) is 12.7 Å². The smallest absolute Gasteiger partial charge is 0.161 e. The summed E-state index contributed by atoms with van der Waals surface area (Å²) in [5, 5.41) is 0. The summed E-state index contributed by atoms with van der Waals surface area (Å²) in [6, 6.07) is 6.15. The molecule has 2 atom stereocenters. The second kappa shape index (κ2) is 7.50. The second-order valence-corrected chi connectivity index (χ2v) is 5.44. The van der Waals surface area contributed by atoms with Crippen LogP contribution in [0.15, 0.2) is 18.2 Å². The van der Waals surface area contributed by atoms with E-state index in [4.69, 9.17) is 19.9 Å². The van der Waals surface area contributed by atoms with Crippen LogP contribution in [-0.4, -0.2) is 32.5 Å². The third-order valence-corrected chi connectivity index (χ3v) is 3.51. The maximum Gasteiger partial charge on any atom is 0.161 e. The molecule has 20 heavy (non-hydrogen) atoms. The molecule has 0 aromatic heterocycles. The van der Waals surface area contributed by atoms with E-state index in [0.717, 1.165) is 43.8 Å². The molecule has 0 bridgehead atoms. The summed E-state index contributed by atoms with van der Waals surface area (Å²) in [7, 11) is 1.66. The fourth-order valence-corrected chi connectivity index (χ4v) is 2.51. The Kier molecular flexibility index (Phi) is 5.68. The van der Waals surface area contributed by atoms with Crippen LogP contribution in [0.25, 0.3) is 0 Å². The standard InChI is InChI=1S/C16H25NO3/c1-12(17)10-13-5-6-15(18-2)16(11-13)20-9-7-14-4-3-8-19-14/h5-6,11-12,14H,3-4,7-10,17H2,1-2H3. The van der Waals surface area contributed by atoms with Crippen LogP contribution < -0.4 is 15.2 Å². The highest BCUT2D eigenvalue weighted by atomic mass is 16.5. The summed E-state index contributed by atoms with van der Waals surface area (Å²) in [6.07, 6.45) is 4.43. The molecule has 0 spiro atoms. The SMILES string of the molecule is COc1ccc(CC(C)N)cc1OCCC1CCCO1. The number of hydrogen-bond donors (Lipinski definition) is 1. The Morgan fingerprint density at radius 3 is 2.90 bits per heavy atom. The quantitative estimate of drug-likeness (QED) is 0.833. The van der Waals surface area contributed by atoms with Crippen LogP contribution in [0.1, 0.15) is 31.7 Å². The van der Waals surface area contributed by atoms with E-state index in [1.165, 1.54) is 5.56 Å². The molecule has 4 heteroatoms. The van der Waals surface area contributed by atoms with E-state index in [2.05, 4.69) is 0 Å². The summed E-state index contributed by atoms with van der Waals surface area (Å²) in [5.41, 5.74) is 7.01. The Hall–Kier alpha value is -1.26. The Balaban J connectivity index is 1.92. The molecule has 1 fully saturated rings. The molecule has 0 amide bonds. The minimum atomic E-state index is 0.142. The molecule has 1 aliphatic heterocycles. The van der Waals surface area contributed by atoms with Crippen LogP contribution in [0.4, 0.5) is 0 Å². The molecule has 0 radical (unpaired) electrons. The molecule has 1 aromatic carbocycles. The third-order valence-electron chi connectivity index (χ3n) is 3.51. The van der Waals surface area contributed by atoms with Crippen molar-refractivity contribution in [3.63, 3.8) is 0 Å². The molecule has 2 N–H and O–H groups in total. The van der Waals surface area contributed by atoms with Crippen LogP contribution in [0.3, 0.4) is 0 Å². The van der Waals surface area contributed by atoms with Gasteiger partial charge in [-0.15, -0.1) is 0 Å². The maximum atomic E-state index is 5.87. The van der Waals surface area contributed by atoms with Gasteiger partial charge in [-0.1, -0.05) is 6.07 Å². The van der Waals surface area contributed by atoms with Crippen molar-refractivity contribution in [3.8, 4) is 11.5 Å². The van der Waals surface area contributed by atoms with Crippen LogP contribution >= 0.6 is 0 Å². The minimum Gasteiger partial charge on any atom is -0.493 e. The first-order chi connectivity index (χ1) is 9.69. The normalized spacial score (nSPS) is 19.9. The molecule has 2 unspecified atom stereocenters. The molecule has 112 valence electrons. The van der Waals surface area contributed by atoms with Gasteiger partial charge in [0.25, 0.3) is 0 Å². The minimum absolute atomic E-state index is 0.142. The zero-order chi connectivity index (χ0) is 14.4. The van der Waals surface area contributed by atoms with E-state index < -0.39 is 0 Å². The Bertz CT molecular complexity index is 414. The Labute approximate surface area is 121 Å². The first-order valence-electron chi connectivity index (χ1n) is 7.36. The Morgan fingerprint density at radius 1 is 1.40 bits per heavy atom. The van der Waals surface area contributed by atoms with Gasteiger partial charge in [-0.2, -0.15) is 0 Å². The summed E-state index contributed by atoms with van der Waals surface area (Å²) < 4.78 is 16.8. The van der Waals surface area contributed by atoms with Crippen molar-refractivity contribution in [3.05, 3.63) is 23.8 Å². The average Bonchev–Trinajstić information content (AvgIpc) is 2.91. The number of nitrogens with two attached hydrogens (primary N) is 1. The Morgan fingerprint density at radius 2 is 2.25 bits per heavy atom. The summed E-state index contributed by atoms with van der Waals surface area (Å²) >= 11 is 0. The predicted octanol–water partition coefficient (Wildman–Crippen LogP) is 2.53. The number of ether oxygens (including phenoxy) is 3. The van der Waals surface area contributed by atoms with Gasteiger partial charge in [-0.25, -0.2) is 0 Å². The zero-order valence-electron chi connectivity index (χ0n) is 12.4. The van der Waals surface area contributed by atoms with Crippen molar-refractivity contribution in [2.75, 3.05) is 20.3 Å². The number of rotatable bonds is 7. The number of hydrogen-bond acceptors (Lipinski definition) is 4. The first-order valence-corrected chi connectivity index (χ1v) is 7.36. The van der Waals surface area contributed by atoms with Crippen molar-refractivity contribution in [2.45, 2.75) is 44.8 Å². The van der Waals surface area contributed by atoms with Crippen LogP contribution in [0.2, 0.25) is 0 Å². The maximum absolute atomic E-state index is 5.87. The molecule has 2 rings (SSSR count). The van der Waals surface area contributed by atoms with Gasteiger partial charge >= 0.3 is 0 Å². The topological polar surface area (TPSA) is 53.7 Å². The van der Waals surface area contributed by atoms with Crippen LogP contribution in [0, 0.1) is 0 Å². The third kappa shape index (κ3) is 4.39. The molecule has 0 aliphatic carbocycles. The first kappa shape index (κ1) is 15.1. The lowest BCUT2D eigenvalue weighted by Crippen LogP contribution is -2.17. The van der Waals surface area contributed by atoms with Crippen LogP contribution in [-0.2, 0) is 11.2 Å². The molecule has 4 nitrogen and oxygen atoms in total. The van der Waals surface area contributed by atoms with E-state index >= 15 is 0 Å². The van der Waals surface area contributed by atoms with Gasteiger partial charge in [0.2, 0.25) is 0 Å². The highest BCUT2D eigenvalue weighted by Gasteiger charge is 2.15. The fourth-order valence-electron chi connectivity index (χ4n) is 2.51. The van der Waals surface area contributed by atoms with Crippen molar-refractivity contribution in [1.82, 2.24) is 0 Å². The number of benzene rings is 1. The van der Waals surface area contributed by atoms with Crippen molar-refractivity contribution in [1.29, 1.82) is 0 Å². The molecule has 1 heterocycles. The molecule has 1 aromatic rings. The van der Waals surface area contributed by atoms with E-state index in [1.54, 1.807) is 7.11 Å². The average molecular weight is 279 g/mol. The lowest BCUT2D eigenvalue weighted by Gasteiger charge is -2.15. The second-order valence-electron chi connectivity index (χ2n) is 5.44. The summed E-state index contributed by atoms with van der Waals surface area (Å²) in [5.74, 6) is 1.56. The lowest BCUT2D eigenvalue weighted by molar-refractivity contribution is 0.0899. The van der Waals surface area contributed by atoms with Gasteiger partial charge in [-0.3, -0.25) is 0 Å². The highest BCUT2D eigenvalue weighted by molar-refractivity contribution is 5.43. The van der Waals surface area contributed by atoms with Gasteiger partial charge in [0.15, 0.2) is 11.5 Å². The van der Waals surface area contributed by atoms with E-state index in [-0.39, 0.29) is 6.04 Å². The van der Waals surface area contributed by atoms with Gasteiger partial charge in [0, 0.05) is 19.1 Å². The van der Waals surface area contributed by atoms with E-state index in [1.807, 2.05) is 25.1 Å². The molecule has 1 aliphatic rings. The van der Waals surface area contributed by atoms with Gasteiger partial charge in [-0.05, 0) is 43.9 Å². The summed E-state index contributed by atoms with van der Waals surface area (Å²) in [4.78, 5) is 0. The fraction of sp³-hybridized carbons (Fsp3) is 0.625. The van der Waals surface area contributed by atoms with Crippen molar-refractivity contribution in [2.24, 2.45) is 5.73 Å². The van der Waals surface area contributed by atoms with Gasteiger partial charge < -0.3 is 19.9 Å². The molecular weight excluding hydrogens is 254 g/mol. The van der Waals surface area contributed by atoms with Crippen molar-refractivity contribution < 1.29 is 14.2 Å². The zero-order valence-corrected chi connectivity index (χ0v) is 12.4. The predicted molar refractivity (Wildman–Crippen MR) is 79.4 cm³/mol. The molecule has 0 saturated carbocycles. The lowest BCUT2D eigenvalue weighted by atomic mass is 10.1. The molecule has 1 saturated heterocycles. The van der Waals surface area contributed by atoms with Crippen LogP contribution in [0.5, 0.6) is 11.5 Å². The summed E-state index contributed by atoms with van der Waals surface area (Å²) in [6.45, 7) is 3.54. The van der Waals surface area contributed by atoms with Gasteiger partial charge in [0.05, 0.1) is 19.8 Å². The largest absolute Gasteiger partial charge is 0.493 e. The highest BCUT2D eigenvalue weighted by Crippen LogP contribution is 2.29. The molecular formula is C16H25NO3. The van der Waals surface area contributed by atoms with Crippen molar-refractivity contribution >= 4 is 0 Å². The monoisotopic (exact) mass is 279 g/mol. The number of methoxy groups -OCH3 is 1. The van der Waals surface area contributed by atoms with Gasteiger partial charge in [0.1, 0.15) is 0 Å².